The summed E-state index contributed by atoms with van der Waals surface area (Å²) in [6.07, 6.45) is 5.06. The average Bonchev–Trinajstić information content (AvgIpc) is 3.40. The van der Waals surface area contributed by atoms with Gasteiger partial charge >= 0.3 is 0 Å². The first-order chi connectivity index (χ1) is 13.9. The quantitative estimate of drug-likeness (QED) is 0.670. The van der Waals surface area contributed by atoms with Gasteiger partial charge in [0.15, 0.2) is 5.13 Å². The first-order valence-corrected chi connectivity index (χ1v) is 11.2. The number of thiazole rings is 1. The standard InChI is InChI=1S/C19H24N6O2S2/c1-23(2)19-22-17-14(29-19)8-15(28-17)18(27)25-6-4-12(5-7-25)9-20-16(26)13-10-21-24(3)11-13/h8,10-12H,4-7,9H2,1-3H3,(H,20,26). The molecule has 1 fully saturated rings. The Morgan fingerprint density at radius 1 is 1.28 bits per heavy atom. The summed E-state index contributed by atoms with van der Waals surface area (Å²) in [5.74, 6) is 0.375. The minimum Gasteiger partial charge on any atom is -0.354 e. The molecular formula is C19H24N6O2S2. The van der Waals surface area contributed by atoms with E-state index in [2.05, 4.69) is 15.4 Å². The fraction of sp³-hybridized carbons (Fsp3) is 0.474. The maximum atomic E-state index is 12.9. The van der Waals surface area contributed by atoms with Crippen molar-refractivity contribution in [1.29, 1.82) is 0 Å². The fourth-order valence-corrected chi connectivity index (χ4v) is 5.50. The molecule has 0 aromatic carbocycles. The number of amides is 2. The number of thiophene rings is 1. The van der Waals surface area contributed by atoms with Crippen molar-refractivity contribution in [2.24, 2.45) is 13.0 Å². The topological polar surface area (TPSA) is 83.4 Å². The Balaban J connectivity index is 1.29. The Morgan fingerprint density at radius 3 is 2.66 bits per heavy atom. The number of fused-ring (bicyclic) bond motifs is 1. The smallest absolute Gasteiger partial charge is 0.264 e. The van der Waals surface area contributed by atoms with Crippen molar-refractivity contribution < 1.29 is 9.59 Å². The second-order valence-electron chi connectivity index (χ2n) is 7.52. The molecule has 4 rings (SSSR count). The maximum Gasteiger partial charge on any atom is 0.264 e. The number of piperidine rings is 1. The molecular weight excluding hydrogens is 408 g/mol. The number of aromatic nitrogens is 3. The van der Waals surface area contributed by atoms with Crippen LogP contribution < -0.4 is 10.2 Å². The number of likely N-dealkylation sites (tertiary alicyclic amines) is 1. The molecule has 0 saturated carbocycles. The van der Waals surface area contributed by atoms with Gasteiger partial charge in [-0.15, -0.1) is 11.3 Å². The summed E-state index contributed by atoms with van der Waals surface area (Å²) in [4.78, 5) is 35.2. The Bertz CT molecular complexity index is 997. The summed E-state index contributed by atoms with van der Waals surface area (Å²) in [5.41, 5.74) is 0.573. The average molecular weight is 433 g/mol. The number of carbonyl (C=O) groups excluding carboxylic acids is 2. The zero-order chi connectivity index (χ0) is 20.5. The number of rotatable bonds is 5. The monoisotopic (exact) mass is 432 g/mol. The van der Waals surface area contributed by atoms with Crippen molar-refractivity contribution in [3.63, 3.8) is 0 Å². The third-order valence-corrected chi connectivity index (χ3v) is 7.41. The van der Waals surface area contributed by atoms with Gasteiger partial charge in [0.2, 0.25) is 0 Å². The third-order valence-electron chi connectivity index (χ3n) is 5.09. The van der Waals surface area contributed by atoms with Gasteiger partial charge in [0.1, 0.15) is 4.83 Å². The van der Waals surface area contributed by atoms with Crippen LogP contribution in [0.4, 0.5) is 5.13 Å². The van der Waals surface area contributed by atoms with Crippen LogP contribution in [0.25, 0.3) is 9.53 Å². The van der Waals surface area contributed by atoms with E-state index in [1.165, 1.54) is 11.3 Å². The summed E-state index contributed by atoms with van der Waals surface area (Å²) in [5, 5.41) is 7.96. The van der Waals surface area contributed by atoms with E-state index < -0.39 is 0 Å². The van der Waals surface area contributed by atoms with Gasteiger partial charge < -0.3 is 15.1 Å². The van der Waals surface area contributed by atoms with Crippen LogP contribution in [0, 0.1) is 5.92 Å². The van der Waals surface area contributed by atoms with Gasteiger partial charge in [-0.1, -0.05) is 11.3 Å². The highest BCUT2D eigenvalue weighted by Crippen LogP contribution is 2.34. The van der Waals surface area contributed by atoms with Crippen LogP contribution in [-0.4, -0.2) is 65.2 Å². The number of nitrogens with zero attached hydrogens (tertiary/aromatic N) is 5. The van der Waals surface area contributed by atoms with Crippen molar-refractivity contribution in [2.75, 3.05) is 38.6 Å². The molecule has 1 aliphatic rings. The highest BCUT2D eigenvalue weighted by Gasteiger charge is 2.26. The van der Waals surface area contributed by atoms with Crippen LogP contribution in [0.3, 0.4) is 0 Å². The van der Waals surface area contributed by atoms with Gasteiger partial charge in [-0.2, -0.15) is 5.10 Å². The molecule has 29 heavy (non-hydrogen) atoms. The molecule has 4 heterocycles. The van der Waals surface area contributed by atoms with E-state index in [9.17, 15) is 9.59 Å². The minimum atomic E-state index is -0.0974. The van der Waals surface area contributed by atoms with Crippen LogP contribution >= 0.6 is 22.7 Å². The van der Waals surface area contributed by atoms with Crippen molar-refractivity contribution in [1.82, 2.24) is 25.0 Å². The molecule has 3 aromatic heterocycles. The third kappa shape index (κ3) is 4.27. The SMILES string of the molecule is CN(C)c1nc2sc(C(=O)N3CCC(CNC(=O)c4cnn(C)c4)CC3)cc2s1. The lowest BCUT2D eigenvalue weighted by Crippen LogP contribution is -2.41. The van der Waals surface area contributed by atoms with E-state index in [1.54, 1.807) is 35.5 Å². The zero-order valence-corrected chi connectivity index (χ0v) is 18.3. The van der Waals surface area contributed by atoms with E-state index in [-0.39, 0.29) is 11.8 Å². The Hall–Kier alpha value is -2.46. The second-order valence-corrected chi connectivity index (χ2v) is 9.56. The normalized spacial score (nSPS) is 15.1. The van der Waals surface area contributed by atoms with E-state index in [1.807, 2.05) is 30.0 Å². The van der Waals surface area contributed by atoms with E-state index in [0.717, 1.165) is 32.4 Å². The molecule has 3 aromatic rings. The number of nitrogens with one attached hydrogen (secondary N) is 1. The van der Waals surface area contributed by atoms with Gasteiger partial charge in [0.05, 0.1) is 21.3 Å². The van der Waals surface area contributed by atoms with Crippen LogP contribution in [0.2, 0.25) is 0 Å². The van der Waals surface area contributed by atoms with Crippen LogP contribution in [-0.2, 0) is 7.05 Å². The lowest BCUT2D eigenvalue weighted by atomic mass is 9.96. The van der Waals surface area contributed by atoms with Crippen molar-refractivity contribution in [2.45, 2.75) is 12.8 Å². The largest absolute Gasteiger partial charge is 0.354 e. The summed E-state index contributed by atoms with van der Waals surface area (Å²) in [6.45, 7) is 2.06. The summed E-state index contributed by atoms with van der Waals surface area (Å²) >= 11 is 3.08. The van der Waals surface area contributed by atoms with Crippen LogP contribution in [0.5, 0.6) is 0 Å². The lowest BCUT2D eigenvalue weighted by molar-refractivity contribution is 0.0689. The van der Waals surface area contributed by atoms with Gasteiger partial charge in [-0.25, -0.2) is 4.98 Å². The first kappa shape index (κ1) is 19.8. The maximum absolute atomic E-state index is 12.9. The molecule has 0 unspecified atom stereocenters. The Labute approximate surface area is 177 Å². The molecule has 154 valence electrons. The molecule has 1 saturated heterocycles. The van der Waals surface area contributed by atoms with Gasteiger partial charge in [-0.3, -0.25) is 14.3 Å². The van der Waals surface area contributed by atoms with Crippen molar-refractivity contribution in [3.8, 4) is 0 Å². The molecule has 0 bridgehead atoms. The molecule has 1 N–H and O–H groups in total. The molecule has 2 amide bonds. The van der Waals surface area contributed by atoms with Crippen molar-refractivity contribution in [3.05, 3.63) is 28.9 Å². The lowest BCUT2D eigenvalue weighted by Gasteiger charge is -2.31. The highest BCUT2D eigenvalue weighted by atomic mass is 32.1. The van der Waals surface area contributed by atoms with Gasteiger partial charge in [0, 0.05) is 47.0 Å². The summed E-state index contributed by atoms with van der Waals surface area (Å²) in [6, 6.07) is 1.97. The van der Waals surface area contributed by atoms with Gasteiger partial charge in [0.25, 0.3) is 11.8 Å². The molecule has 0 spiro atoms. The number of hydrogen-bond acceptors (Lipinski definition) is 7. The van der Waals surface area contributed by atoms with Crippen LogP contribution in [0.15, 0.2) is 18.5 Å². The molecule has 10 heteroatoms. The predicted molar refractivity (Wildman–Crippen MR) is 116 cm³/mol. The zero-order valence-electron chi connectivity index (χ0n) is 16.7. The number of hydrogen-bond donors (Lipinski definition) is 1. The number of carbonyl (C=O) groups is 2. The molecule has 0 radical (unpaired) electrons. The fourth-order valence-electron chi connectivity index (χ4n) is 3.39. The number of aryl methyl sites for hydroxylation is 1. The Morgan fingerprint density at radius 2 is 2.03 bits per heavy atom. The molecule has 1 aliphatic heterocycles. The van der Waals surface area contributed by atoms with Crippen molar-refractivity contribution >= 4 is 49.1 Å². The summed E-state index contributed by atoms with van der Waals surface area (Å²) < 4.78 is 2.68. The van der Waals surface area contributed by atoms with Gasteiger partial charge in [-0.05, 0) is 24.8 Å². The van der Waals surface area contributed by atoms with Crippen LogP contribution in [0.1, 0.15) is 32.9 Å². The Kier molecular flexibility index (Phi) is 5.55. The second kappa shape index (κ2) is 8.11. The highest BCUT2D eigenvalue weighted by molar-refractivity contribution is 7.29. The first-order valence-electron chi connectivity index (χ1n) is 9.54. The molecule has 0 atom stereocenters. The minimum absolute atomic E-state index is 0.0875. The molecule has 0 aliphatic carbocycles. The molecule has 8 nitrogen and oxygen atoms in total. The number of anilines is 1. The van der Waals surface area contributed by atoms with E-state index in [4.69, 9.17) is 0 Å². The van der Waals surface area contributed by atoms with E-state index >= 15 is 0 Å². The predicted octanol–water partition coefficient (Wildman–Crippen LogP) is 2.44. The summed E-state index contributed by atoms with van der Waals surface area (Å²) in [7, 11) is 5.73. The van der Waals surface area contributed by atoms with E-state index in [0.29, 0.717) is 31.1 Å².